The van der Waals surface area contributed by atoms with Gasteiger partial charge in [-0.1, -0.05) is 6.47 Å². The van der Waals surface area contributed by atoms with Crippen LogP contribution in [0.3, 0.4) is 0 Å². The van der Waals surface area contributed by atoms with Crippen LogP contribution in [0.5, 0.6) is 0 Å². The first-order chi connectivity index (χ1) is 3.33. The summed E-state index contributed by atoms with van der Waals surface area (Å²) in [5, 5.41) is 8.89. The first-order valence-electron chi connectivity index (χ1n) is 1.38. The summed E-state index contributed by atoms with van der Waals surface area (Å²) in [6, 6.07) is 0. The Labute approximate surface area is 104 Å². The number of amides is 1. The van der Waals surface area contributed by atoms with Crippen LogP contribution < -0.4 is 5.32 Å². The van der Waals surface area contributed by atoms with Gasteiger partial charge in [-0.15, -0.1) is 0 Å². The van der Waals surface area contributed by atoms with Gasteiger partial charge < -0.3 is 20.0 Å². The fourth-order valence-electron chi connectivity index (χ4n) is 0. The third kappa shape index (κ3) is 101. The Morgan fingerprint density at radius 2 is 1.44 bits per heavy atom. The predicted molar refractivity (Wildman–Crippen MR) is 23.1 cm³/mol. The normalized spacial score (nSPS) is 3.67. The van der Waals surface area contributed by atoms with E-state index in [4.69, 9.17) is 14.7 Å². The van der Waals surface area contributed by atoms with E-state index < -0.39 is 0 Å². The smallest absolute Gasteiger partial charge is 0 e. The second-order valence-electron chi connectivity index (χ2n) is 0.443. The standard InChI is InChI=1S/C2H4NO.CHO2.2Y/c1-3-2-4;2-1-3;;/h1H3,(H,3,4);(H,2,3);;/q2*-1;;. The molecule has 0 spiro atoms. The summed E-state index contributed by atoms with van der Waals surface area (Å²) in [7, 11) is 1.51. The maximum atomic E-state index is 8.94. The van der Waals surface area contributed by atoms with E-state index in [1.165, 1.54) is 13.5 Å². The van der Waals surface area contributed by atoms with Crippen LogP contribution in [0.2, 0.25) is 0 Å². The van der Waals surface area contributed by atoms with E-state index in [-0.39, 0.29) is 65.4 Å². The van der Waals surface area contributed by atoms with Crippen LogP contribution in [0, 0.1) is 0 Å². The third-order valence-electron chi connectivity index (χ3n) is 0.102. The Balaban J connectivity index is -0.0000000233. The molecule has 2 N–H and O–H groups in total. The molecule has 1 amide bonds. The molecular formula is C3H5NO3Y2-2. The maximum absolute atomic E-state index is 8.94. The molecule has 0 bridgehead atoms. The van der Waals surface area contributed by atoms with Gasteiger partial charge >= 0.3 is 0 Å². The van der Waals surface area contributed by atoms with Gasteiger partial charge in [0.05, 0.1) is 0 Å². The van der Waals surface area contributed by atoms with E-state index in [2.05, 4.69) is 5.32 Å². The van der Waals surface area contributed by atoms with Gasteiger partial charge in [0.1, 0.15) is 0 Å². The van der Waals surface area contributed by atoms with Gasteiger partial charge in [-0.05, 0) is 7.05 Å². The maximum Gasteiger partial charge on any atom is 0 e. The molecule has 2 radical (unpaired) electrons. The minimum atomic E-state index is 0. The van der Waals surface area contributed by atoms with E-state index in [9.17, 15) is 0 Å². The van der Waals surface area contributed by atoms with E-state index in [1.54, 1.807) is 0 Å². The molecule has 9 heavy (non-hydrogen) atoms. The zero-order valence-corrected chi connectivity index (χ0v) is 10.6. The quantitative estimate of drug-likeness (QED) is 0.472. The second kappa shape index (κ2) is 35.3. The average molecular weight is 281 g/mol. The van der Waals surface area contributed by atoms with Crippen LogP contribution >= 0.6 is 0 Å². The molecule has 0 saturated heterocycles. The van der Waals surface area contributed by atoms with Gasteiger partial charge in [0.15, 0.2) is 0 Å². The van der Waals surface area contributed by atoms with Crippen LogP contribution in [0.1, 0.15) is 0 Å². The van der Waals surface area contributed by atoms with Gasteiger partial charge in [-0.2, -0.15) is 6.41 Å². The summed E-state index contributed by atoms with van der Waals surface area (Å²) < 4.78 is 0. The third-order valence-corrected chi connectivity index (χ3v) is 0.102. The van der Waals surface area contributed by atoms with Crippen molar-refractivity contribution in [2.24, 2.45) is 0 Å². The monoisotopic (exact) mass is 281 g/mol. The molecule has 0 aromatic rings. The SMILES string of the molecule is CN[C-]=O.O=[C-]O.[Y].[Y]. The summed E-state index contributed by atoms with van der Waals surface area (Å²) in [5.74, 6) is 0. The number of aliphatic hydroxyl groups excluding tert-OH is 1. The minimum absolute atomic E-state index is 0. The Morgan fingerprint density at radius 3 is 1.44 bits per heavy atom. The van der Waals surface area contributed by atoms with Crippen molar-refractivity contribution in [3.63, 3.8) is 0 Å². The van der Waals surface area contributed by atoms with Crippen molar-refractivity contribution in [2.45, 2.75) is 0 Å². The number of hydrogen-bond acceptors (Lipinski definition) is 2. The Kier molecular flexibility index (Phi) is 88.1. The predicted octanol–water partition coefficient (Wildman–Crippen LogP) is -1.12. The molecule has 0 atom stereocenters. The number of carbonyl (C=O) groups excluding carboxylic acids is 1. The number of hydrogen-bond donors (Lipinski definition) is 2. The fraction of sp³-hybridized carbons (Fsp3) is 0.333. The zero-order chi connectivity index (χ0) is 6.12. The van der Waals surface area contributed by atoms with Crippen LogP contribution in [-0.2, 0) is 75.0 Å². The molecule has 0 aliphatic carbocycles. The zero-order valence-electron chi connectivity index (χ0n) is 4.92. The summed E-state index contributed by atoms with van der Waals surface area (Å²) in [4.78, 5) is 17.2. The van der Waals surface area contributed by atoms with Crippen molar-refractivity contribution >= 4 is 12.9 Å². The van der Waals surface area contributed by atoms with Crippen LogP contribution in [0.25, 0.3) is 0 Å². The van der Waals surface area contributed by atoms with E-state index >= 15 is 0 Å². The molecule has 0 saturated carbocycles. The molecule has 48 valence electrons. The van der Waals surface area contributed by atoms with E-state index in [1.807, 2.05) is 0 Å². The summed E-state index contributed by atoms with van der Waals surface area (Å²) >= 11 is 0. The average Bonchev–Trinajstić information content (AvgIpc) is 1.69. The van der Waals surface area contributed by atoms with Gasteiger partial charge in [0, 0.05) is 65.4 Å². The summed E-state index contributed by atoms with van der Waals surface area (Å²) in [5.41, 5.74) is 0. The van der Waals surface area contributed by atoms with Crippen molar-refractivity contribution < 1.29 is 80.1 Å². The van der Waals surface area contributed by atoms with Gasteiger partial charge in [-0.3, -0.25) is 0 Å². The van der Waals surface area contributed by atoms with Gasteiger partial charge in [0.2, 0.25) is 0 Å². The molecule has 0 aliphatic rings. The Bertz CT molecular complexity index is 52.3. The van der Waals surface area contributed by atoms with Crippen LogP contribution in [0.15, 0.2) is 0 Å². The molecular weight excluding hydrogens is 276 g/mol. The van der Waals surface area contributed by atoms with E-state index in [0.29, 0.717) is 6.47 Å². The molecule has 0 heterocycles. The fourth-order valence-corrected chi connectivity index (χ4v) is 0. The molecule has 0 fully saturated rings. The Hall–Kier alpha value is 1.15. The molecule has 6 heteroatoms. The largest absolute Gasteiger partial charge is 0.665 e. The van der Waals surface area contributed by atoms with Crippen molar-refractivity contribution in [2.75, 3.05) is 7.05 Å². The van der Waals surface area contributed by atoms with Crippen molar-refractivity contribution in [3.05, 3.63) is 0 Å². The van der Waals surface area contributed by atoms with Gasteiger partial charge in [-0.25, -0.2) is 0 Å². The minimum Gasteiger partial charge on any atom is -0.665 e. The molecule has 4 nitrogen and oxygen atoms in total. The Morgan fingerprint density at radius 1 is 1.33 bits per heavy atom. The molecule has 0 rings (SSSR count). The van der Waals surface area contributed by atoms with Crippen LogP contribution in [0.4, 0.5) is 0 Å². The first-order valence-corrected chi connectivity index (χ1v) is 1.38. The summed E-state index contributed by atoms with van der Waals surface area (Å²) in [6.07, 6.45) is 1.43. The van der Waals surface area contributed by atoms with Crippen LogP contribution in [-0.4, -0.2) is 25.0 Å². The van der Waals surface area contributed by atoms with Crippen molar-refractivity contribution in [3.8, 4) is 0 Å². The van der Waals surface area contributed by atoms with Crippen molar-refractivity contribution in [1.29, 1.82) is 0 Å². The van der Waals surface area contributed by atoms with Crippen molar-refractivity contribution in [1.82, 2.24) is 5.32 Å². The topological polar surface area (TPSA) is 66.4 Å². The molecule has 0 unspecified atom stereocenters. The number of nitrogens with one attached hydrogen (secondary N) is 1. The number of rotatable bonds is 1. The summed E-state index contributed by atoms with van der Waals surface area (Å²) in [6.45, 7) is 0.500. The first kappa shape index (κ1) is 22.5. The molecule has 0 aromatic heterocycles. The van der Waals surface area contributed by atoms with E-state index in [0.717, 1.165) is 0 Å². The molecule has 0 aliphatic heterocycles. The van der Waals surface area contributed by atoms with Gasteiger partial charge in [0.25, 0.3) is 0 Å². The molecule has 0 aromatic carbocycles. The second-order valence-corrected chi connectivity index (χ2v) is 0.443.